The zero-order chi connectivity index (χ0) is 15.5. The first-order valence-electron chi connectivity index (χ1n) is 8.08. The van der Waals surface area contributed by atoms with Crippen LogP contribution in [0.2, 0.25) is 0 Å². The molecule has 23 heavy (non-hydrogen) atoms. The van der Waals surface area contributed by atoms with Gasteiger partial charge in [-0.15, -0.1) is 0 Å². The molecule has 2 aliphatic heterocycles. The molecule has 3 heterocycles. The highest BCUT2D eigenvalue weighted by molar-refractivity contribution is 5.49. The minimum absolute atomic E-state index is 0.317. The van der Waals surface area contributed by atoms with E-state index in [1.54, 1.807) is 6.33 Å². The summed E-state index contributed by atoms with van der Waals surface area (Å²) in [6.07, 6.45) is 5.03. The van der Waals surface area contributed by atoms with Crippen LogP contribution in [-0.2, 0) is 6.42 Å². The van der Waals surface area contributed by atoms with Gasteiger partial charge in [0.05, 0.1) is 0 Å². The molecule has 1 N–H and O–H groups in total. The van der Waals surface area contributed by atoms with E-state index in [9.17, 15) is 0 Å². The van der Waals surface area contributed by atoms with Crippen molar-refractivity contribution in [1.82, 2.24) is 9.97 Å². The number of benzene rings is 1. The van der Waals surface area contributed by atoms with E-state index in [2.05, 4.69) is 26.3 Å². The minimum Gasteiger partial charge on any atom is -0.454 e. The Balaban J connectivity index is 1.35. The van der Waals surface area contributed by atoms with Gasteiger partial charge in [-0.05, 0) is 37.0 Å². The van der Waals surface area contributed by atoms with Crippen LogP contribution < -0.4 is 19.7 Å². The zero-order valence-electron chi connectivity index (χ0n) is 13.0. The lowest BCUT2D eigenvalue weighted by atomic mass is 10.1. The van der Waals surface area contributed by atoms with E-state index in [4.69, 9.17) is 9.47 Å². The number of hydrogen-bond acceptors (Lipinski definition) is 6. The highest BCUT2D eigenvalue weighted by Gasteiger charge is 2.14. The van der Waals surface area contributed by atoms with E-state index < -0.39 is 0 Å². The van der Waals surface area contributed by atoms with Gasteiger partial charge in [-0.2, -0.15) is 0 Å². The Morgan fingerprint density at radius 2 is 1.91 bits per heavy atom. The molecule has 0 aliphatic carbocycles. The fourth-order valence-corrected chi connectivity index (χ4v) is 2.99. The Bertz CT molecular complexity index is 686. The Kier molecular flexibility index (Phi) is 3.88. The van der Waals surface area contributed by atoms with Crippen LogP contribution in [0.25, 0.3) is 0 Å². The molecule has 6 nitrogen and oxygen atoms in total. The third-order valence-corrected chi connectivity index (χ3v) is 4.24. The molecular formula is C17H20N4O2. The van der Waals surface area contributed by atoms with Crippen LogP contribution in [0.5, 0.6) is 11.5 Å². The van der Waals surface area contributed by atoms with Crippen molar-refractivity contribution < 1.29 is 9.47 Å². The lowest BCUT2D eigenvalue weighted by molar-refractivity contribution is 0.174. The molecule has 120 valence electrons. The number of nitrogens with zero attached hydrogens (tertiary/aromatic N) is 3. The summed E-state index contributed by atoms with van der Waals surface area (Å²) in [6, 6.07) is 8.11. The Morgan fingerprint density at radius 3 is 2.83 bits per heavy atom. The van der Waals surface area contributed by atoms with Crippen molar-refractivity contribution in [2.45, 2.75) is 19.3 Å². The topological polar surface area (TPSA) is 59.5 Å². The van der Waals surface area contributed by atoms with Gasteiger partial charge in [0.1, 0.15) is 18.0 Å². The summed E-state index contributed by atoms with van der Waals surface area (Å²) in [6.45, 7) is 3.31. The van der Waals surface area contributed by atoms with Crippen LogP contribution in [0.1, 0.15) is 18.4 Å². The average molecular weight is 312 g/mol. The first-order chi connectivity index (χ1) is 11.4. The molecule has 1 aromatic heterocycles. The number of aromatic nitrogens is 2. The smallest absolute Gasteiger partial charge is 0.231 e. The third kappa shape index (κ3) is 3.16. The number of anilines is 2. The largest absolute Gasteiger partial charge is 0.454 e. The zero-order valence-corrected chi connectivity index (χ0v) is 13.0. The lowest BCUT2D eigenvalue weighted by Gasteiger charge is -2.16. The molecule has 0 amide bonds. The second-order valence-corrected chi connectivity index (χ2v) is 5.82. The molecule has 2 aromatic rings. The maximum atomic E-state index is 5.41. The lowest BCUT2D eigenvalue weighted by Crippen LogP contribution is -2.19. The standard InChI is InChI=1S/C17H20N4O2/c1-2-8-21(7-1)17-10-16(19-11-20-17)18-6-5-13-3-4-14-15(9-13)23-12-22-14/h3-4,9-11H,1-2,5-8,12H2,(H,18,19,20). The summed E-state index contributed by atoms with van der Waals surface area (Å²) < 4.78 is 10.7. The summed E-state index contributed by atoms with van der Waals surface area (Å²) in [5.74, 6) is 3.55. The first kappa shape index (κ1) is 14.1. The van der Waals surface area contributed by atoms with Crippen molar-refractivity contribution in [1.29, 1.82) is 0 Å². The second-order valence-electron chi connectivity index (χ2n) is 5.82. The maximum Gasteiger partial charge on any atom is 0.231 e. The SMILES string of the molecule is c1nc(NCCc2ccc3c(c2)OCO3)cc(N2CCCC2)n1. The molecule has 1 aromatic carbocycles. The molecule has 0 atom stereocenters. The van der Waals surface area contributed by atoms with Crippen molar-refractivity contribution in [3.05, 3.63) is 36.2 Å². The van der Waals surface area contributed by atoms with E-state index in [1.807, 2.05) is 18.2 Å². The predicted molar refractivity (Wildman–Crippen MR) is 88.2 cm³/mol. The fourth-order valence-electron chi connectivity index (χ4n) is 2.99. The van der Waals surface area contributed by atoms with Crippen LogP contribution in [-0.4, -0.2) is 36.4 Å². The van der Waals surface area contributed by atoms with Crippen LogP contribution >= 0.6 is 0 Å². The van der Waals surface area contributed by atoms with Crippen molar-refractivity contribution in [2.24, 2.45) is 0 Å². The van der Waals surface area contributed by atoms with Crippen LogP contribution in [0.3, 0.4) is 0 Å². The summed E-state index contributed by atoms with van der Waals surface area (Å²) in [4.78, 5) is 11.0. The third-order valence-electron chi connectivity index (χ3n) is 4.24. The summed E-state index contributed by atoms with van der Waals surface area (Å²) in [5, 5.41) is 3.37. The van der Waals surface area contributed by atoms with Gasteiger partial charge in [0.25, 0.3) is 0 Å². The molecule has 0 unspecified atom stereocenters. The van der Waals surface area contributed by atoms with Crippen molar-refractivity contribution in [3.63, 3.8) is 0 Å². The van der Waals surface area contributed by atoms with Gasteiger partial charge >= 0.3 is 0 Å². The number of rotatable bonds is 5. The molecule has 2 aliphatic rings. The van der Waals surface area contributed by atoms with E-state index in [0.29, 0.717) is 6.79 Å². The van der Waals surface area contributed by atoms with Gasteiger partial charge in [-0.3, -0.25) is 0 Å². The van der Waals surface area contributed by atoms with Gasteiger partial charge in [0, 0.05) is 25.7 Å². The normalized spacial score (nSPS) is 15.9. The minimum atomic E-state index is 0.317. The Hall–Kier alpha value is -2.50. The molecule has 1 fully saturated rings. The second kappa shape index (κ2) is 6.32. The number of hydrogen-bond donors (Lipinski definition) is 1. The molecule has 1 saturated heterocycles. The van der Waals surface area contributed by atoms with E-state index in [-0.39, 0.29) is 0 Å². The summed E-state index contributed by atoms with van der Waals surface area (Å²) in [5.41, 5.74) is 1.22. The monoisotopic (exact) mass is 312 g/mol. The Morgan fingerprint density at radius 1 is 1.04 bits per heavy atom. The van der Waals surface area contributed by atoms with Gasteiger partial charge < -0.3 is 19.7 Å². The molecule has 0 bridgehead atoms. The van der Waals surface area contributed by atoms with Crippen LogP contribution in [0.15, 0.2) is 30.6 Å². The highest BCUT2D eigenvalue weighted by Crippen LogP contribution is 2.32. The first-order valence-corrected chi connectivity index (χ1v) is 8.08. The van der Waals surface area contributed by atoms with E-state index in [1.165, 1.54) is 18.4 Å². The molecule has 0 radical (unpaired) electrons. The van der Waals surface area contributed by atoms with Gasteiger partial charge in [-0.1, -0.05) is 6.07 Å². The highest BCUT2D eigenvalue weighted by atomic mass is 16.7. The van der Waals surface area contributed by atoms with E-state index >= 15 is 0 Å². The fraction of sp³-hybridized carbons (Fsp3) is 0.412. The molecular weight excluding hydrogens is 292 g/mol. The number of nitrogens with one attached hydrogen (secondary N) is 1. The maximum absolute atomic E-state index is 5.41. The van der Waals surface area contributed by atoms with Gasteiger partial charge in [-0.25, -0.2) is 9.97 Å². The molecule has 6 heteroatoms. The predicted octanol–water partition coefficient (Wildman–Crippen LogP) is 2.46. The summed E-state index contributed by atoms with van der Waals surface area (Å²) >= 11 is 0. The number of ether oxygens (including phenoxy) is 2. The Labute approximate surface area is 135 Å². The molecule has 0 saturated carbocycles. The quantitative estimate of drug-likeness (QED) is 0.915. The number of fused-ring (bicyclic) bond motifs is 1. The molecule has 4 rings (SSSR count). The van der Waals surface area contributed by atoms with E-state index in [0.717, 1.165) is 49.2 Å². The van der Waals surface area contributed by atoms with Crippen LogP contribution in [0.4, 0.5) is 11.6 Å². The average Bonchev–Trinajstić information content (AvgIpc) is 3.26. The van der Waals surface area contributed by atoms with Gasteiger partial charge in [0.15, 0.2) is 11.5 Å². The van der Waals surface area contributed by atoms with Crippen molar-refractivity contribution in [2.75, 3.05) is 36.6 Å². The van der Waals surface area contributed by atoms with Crippen molar-refractivity contribution >= 4 is 11.6 Å². The van der Waals surface area contributed by atoms with Gasteiger partial charge in [0.2, 0.25) is 6.79 Å². The molecule has 0 spiro atoms. The van der Waals surface area contributed by atoms with Crippen molar-refractivity contribution in [3.8, 4) is 11.5 Å². The van der Waals surface area contributed by atoms with Crippen LogP contribution in [0, 0.1) is 0 Å². The summed E-state index contributed by atoms with van der Waals surface area (Å²) in [7, 11) is 0.